The van der Waals surface area contributed by atoms with E-state index >= 15 is 0 Å². The summed E-state index contributed by atoms with van der Waals surface area (Å²) in [5.74, 6) is -0.382. The zero-order valence-electron chi connectivity index (χ0n) is 11.2. The smallest absolute Gasteiger partial charge is 0.229 e. The van der Waals surface area contributed by atoms with Crippen LogP contribution >= 0.6 is 11.6 Å². The minimum atomic E-state index is -3.28. The summed E-state index contributed by atoms with van der Waals surface area (Å²) in [6.07, 6.45) is 1.09. The highest BCUT2D eigenvalue weighted by Crippen LogP contribution is 2.18. The summed E-state index contributed by atoms with van der Waals surface area (Å²) in [6, 6.07) is 11.1. The molecule has 4 nitrogen and oxygen atoms in total. The van der Waals surface area contributed by atoms with E-state index in [1.807, 2.05) is 0 Å². The molecule has 0 heterocycles. The summed E-state index contributed by atoms with van der Waals surface area (Å²) < 4.78 is 37.7. The second kappa shape index (κ2) is 6.32. The van der Waals surface area contributed by atoms with Crippen LogP contribution in [0.1, 0.15) is 5.56 Å². The highest BCUT2D eigenvalue weighted by atomic mass is 35.5. The normalized spacial score (nSPS) is 11.2. The number of halogens is 2. The molecule has 0 amide bonds. The Kier molecular flexibility index (Phi) is 4.69. The van der Waals surface area contributed by atoms with Crippen LogP contribution in [0.3, 0.4) is 0 Å². The lowest BCUT2D eigenvalue weighted by Gasteiger charge is -2.09. The molecule has 0 aliphatic heterocycles. The summed E-state index contributed by atoms with van der Waals surface area (Å²) in [5, 5.41) is 3.45. The molecule has 2 rings (SSSR count). The minimum absolute atomic E-state index is 0.347. The fourth-order valence-corrected chi connectivity index (χ4v) is 2.60. The molecule has 21 heavy (non-hydrogen) atoms. The van der Waals surface area contributed by atoms with Gasteiger partial charge in [-0.05, 0) is 48.0 Å². The largest absolute Gasteiger partial charge is 0.381 e. The number of sulfonamides is 1. The Morgan fingerprint density at radius 3 is 2.29 bits per heavy atom. The molecule has 0 aliphatic rings. The summed E-state index contributed by atoms with van der Waals surface area (Å²) in [5.41, 5.74) is 1.99. The SMILES string of the molecule is CS(=O)(=O)Nc1ccc(NCc2cc(F)cc(Cl)c2)cc1. The van der Waals surface area contributed by atoms with Crippen LogP contribution in [-0.4, -0.2) is 14.7 Å². The van der Waals surface area contributed by atoms with Gasteiger partial charge in [0.2, 0.25) is 10.0 Å². The van der Waals surface area contributed by atoms with E-state index in [1.54, 1.807) is 30.3 Å². The van der Waals surface area contributed by atoms with Gasteiger partial charge < -0.3 is 5.32 Å². The molecule has 0 saturated carbocycles. The van der Waals surface area contributed by atoms with Gasteiger partial charge in [-0.15, -0.1) is 0 Å². The van der Waals surface area contributed by atoms with Gasteiger partial charge in [-0.25, -0.2) is 12.8 Å². The van der Waals surface area contributed by atoms with Crippen molar-refractivity contribution in [3.05, 3.63) is 58.9 Å². The fraction of sp³-hybridized carbons (Fsp3) is 0.143. The molecule has 0 atom stereocenters. The van der Waals surface area contributed by atoms with Crippen LogP contribution in [-0.2, 0) is 16.6 Å². The molecule has 0 bridgehead atoms. The van der Waals surface area contributed by atoms with Crippen LogP contribution in [0.25, 0.3) is 0 Å². The molecule has 0 unspecified atom stereocenters. The lowest BCUT2D eigenvalue weighted by Crippen LogP contribution is -2.09. The van der Waals surface area contributed by atoms with Gasteiger partial charge in [0.25, 0.3) is 0 Å². The van der Waals surface area contributed by atoms with Gasteiger partial charge in [-0.1, -0.05) is 11.6 Å². The molecule has 0 fully saturated rings. The van der Waals surface area contributed by atoms with Gasteiger partial charge in [0.05, 0.1) is 6.26 Å². The minimum Gasteiger partial charge on any atom is -0.381 e. The molecular formula is C14H14ClFN2O2S. The van der Waals surface area contributed by atoms with Crippen molar-refractivity contribution in [3.63, 3.8) is 0 Å². The topological polar surface area (TPSA) is 58.2 Å². The Morgan fingerprint density at radius 1 is 1.10 bits per heavy atom. The van der Waals surface area contributed by atoms with Crippen LogP contribution in [0.5, 0.6) is 0 Å². The lowest BCUT2D eigenvalue weighted by molar-refractivity contribution is 0.607. The first-order valence-electron chi connectivity index (χ1n) is 6.08. The predicted molar refractivity (Wildman–Crippen MR) is 83.6 cm³/mol. The average Bonchev–Trinajstić information content (AvgIpc) is 2.35. The second-order valence-electron chi connectivity index (χ2n) is 4.58. The van der Waals surface area contributed by atoms with Crippen molar-refractivity contribution in [1.82, 2.24) is 0 Å². The van der Waals surface area contributed by atoms with Gasteiger partial charge in [0, 0.05) is 22.9 Å². The molecule has 112 valence electrons. The first-order chi connectivity index (χ1) is 9.82. The summed E-state index contributed by atoms with van der Waals surface area (Å²) >= 11 is 5.78. The van der Waals surface area contributed by atoms with E-state index in [1.165, 1.54) is 12.1 Å². The molecule has 7 heteroatoms. The van der Waals surface area contributed by atoms with Crippen molar-refractivity contribution in [1.29, 1.82) is 0 Å². The van der Waals surface area contributed by atoms with Crippen LogP contribution < -0.4 is 10.0 Å². The van der Waals surface area contributed by atoms with E-state index in [9.17, 15) is 12.8 Å². The zero-order chi connectivity index (χ0) is 15.5. The number of anilines is 2. The van der Waals surface area contributed by atoms with Crippen LogP contribution in [0.15, 0.2) is 42.5 Å². The molecule has 0 aliphatic carbocycles. The monoisotopic (exact) mass is 328 g/mol. The molecule has 0 saturated heterocycles. The highest BCUT2D eigenvalue weighted by molar-refractivity contribution is 7.92. The number of benzene rings is 2. The Hall–Kier alpha value is -1.79. The maximum Gasteiger partial charge on any atom is 0.229 e. The van der Waals surface area contributed by atoms with Gasteiger partial charge in [0.15, 0.2) is 0 Å². The summed E-state index contributed by atoms with van der Waals surface area (Å²) in [4.78, 5) is 0. The van der Waals surface area contributed by atoms with Crippen molar-refractivity contribution >= 4 is 33.0 Å². The first kappa shape index (κ1) is 15.6. The third-order valence-electron chi connectivity index (χ3n) is 2.61. The number of nitrogens with one attached hydrogen (secondary N) is 2. The van der Waals surface area contributed by atoms with Crippen LogP contribution in [0.4, 0.5) is 15.8 Å². The molecular weight excluding hydrogens is 315 g/mol. The lowest BCUT2D eigenvalue weighted by atomic mass is 10.2. The van der Waals surface area contributed by atoms with Gasteiger partial charge in [-0.3, -0.25) is 4.72 Å². The highest BCUT2D eigenvalue weighted by Gasteiger charge is 2.02. The quantitative estimate of drug-likeness (QED) is 0.883. The Bertz CT molecular complexity index is 713. The molecule has 2 N–H and O–H groups in total. The molecule has 2 aromatic rings. The van der Waals surface area contributed by atoms with Gasteiger partial charge in [-0.2, -0.15) is 0 Å². The van der Waals surface area contributed by atoms with E-state index in [0.29, 0.717) is 17.3 Å². The Morgan fingerprint density at radius 2 is 1.71 bits per heavy atom. The number of hydrogen-bond donors (Lipinski definition) is 2. The van der Waals surface area contributed by atoms with Crippen LogP contribution in [0.2, 0.25) is 5.02 Å². The summed E-state index contributed by atoms with van der Waals surface area (Å²) in [7, 11) is -3.28. The Labute approximate surface area is 128 Å². The predicted octanol–water partition coefficient (Wildman–Crippen LogP) is 3.46. The summed E-state index contributed by atoms with van der Waals surface area (Å²) in [6.45, 7) is 0.413. The van der Waals surface area contributed by atoms with Gasteiger partial charge >= 0.3 is 0 Å². The maximum absolute atomic E-state index is 13.2. The fourth-order valence-electron chi connectivity index (χ4n) is 1.79. The Balaban J connectivity index is 2.00. The molecule has 0 spiro atoms. The molecule has 0 aromatic heterocycles. The van der Waals surface area contributed by atoms with E-state index in [4.69, 9.17) is 11.6 Å². The van der Waals surface area contributed by atoms with Crippen molar-refractivity contribution < 1.29 is 12.8 Å². The standard InChI is InChI=1S/C14H14ClFN2O2S/c1-21(19,20)18-14-4-2-13(3-5-14)17-9-10-6-11(15)8-12(16)7-10/h2-8,17-18H,9H2,1H3. The van der Waals surface area contributed by atoms with Crippen molar-refractivity contribution in [2.75, 3.05) is 16.3 Å². The van der Waals surface area contributed by atoms with E-state index in [2.05, 4.69) is 10.0 Å². The maximum atomic E-state index is 13.2. The van der Waals surface area contributed by atoms with E-state index < -0.39 is 10.0 Å². The van der Waals surface area contributed by atoms with Crippen LogP contribution in [0, 0.1) is 5.82 Å². The van der Waals surface area contributed by atoms with Gasteiger partial charge in [0.1, 0.15) is 5.82 Å². The van der Waals surface area contributed by atoms with Crippen molar-refractivity contribution in [2.45, 2.75) is 6.54 Å². The molecule has 2 aromatic carbocycles. The second-order valence-corrected chi connectivity index (χ2v) is 6.77. The van der Waals surface area contributed by atoms with Crippen molar-refractivity contribution in [2.24, 2.45) is 0 Å². The van der Waals surface area contributed by atoms with Crippen molar-refractivity contribution in [3.8, 4) is 0 Å². The number of rotatable bonds is 5. The first-order valence-corrected chi connectivity index (χ1v) is 8.35. The number of hydrogen-bond acceptors (Lipinski definition) is 3. The average molecular weight is 329 g/mol. The third kappa shape index (κ3) is 5.24. The third-order valence-corrected chi connectivity index (χ3v) is 3.43. The zero-order valence-corrected chi connectivity index (χ0v) is 12.8. The molecule has 0 radical (unpaired) electrons. The van der Waals surface area contributed by atoms with E-state index in [-0.39, 0.29) is 5.82 Å². The van der Waals surface area contributed by atoms with E-state index in [0.717, 1.165) is 17.5 Å².